The fraction of sp³-hybridized carbons (Fsp3) is 1.00. The maximum Gasteiger partial charge on any atom is 0.0615 e. The van der Waals surface area contributed by atoms with Gasteiger partial charge in [0.25, 0.3) is 0 Å². The molecule has 1 rings (SSSR count). The van der Waals surface area contributed by atoms with Gasteiger partial charge in [0.2, 0.25) is 0 Å². The van der Waals surface area contributed by atoms with Gasteiger partial charge in [-0.05, 0) is 25.7 Å². The number of methoxy groups -OCH3 is 1. The second-order valence-corrected chi connectivity index (χ2v) is 4.73. The minimum Gasteiger partial charge on any atom is -0.383 e. The molecule has 1 saturated heterocycles. The van der Waals surface area contributed by atoms with Gasteiger partial charge in [-0.3, -0.25) is 0 Å². The van der Waals surface area contributed by atoms with E-state index in [0.717, 1.165) is 32.5 Å². The Morgan fingerprint density at radius 3 is 2.88 bits per heavy atom. The van der Waals surface area contributed by atoms with E-state index in [0.29, 0.717) is 18.2 Å². The lowest BCUT2D eigenvalue weighted by Gasteiger charge is -2.32. The summed E-state index contributed by atoms with van der Waals surface area (Å²) < 4.78 is 11.0. The van der Waals surface area contributed by atoms with E-state index in [1.807, 2.05) is 0 Å². The maximum absolute atomic E-state index is 5.75. The first-order valence-corrected chi connectivity index (χ1v) is 6.66. The predicted molar refractivity (Wildman–Crippen MR) is 66.8 cm³/mol. The fourth-order valence-corrected chi connectivity index (χ4v) is 2.37. The molecule has 3 unspecified atom stereocenters. The van der Waals surface area contributed by atoms with Gasteiger partial charge in [0.15, 0.2) is 0 Å². The lowest BCUT2D eigenvalue weighted by Crippen LogP contribution is -2.45. The highest BCUT2D eigenvalue weighted by Crippen LogP contribution is 2.18. The van der Waals surface area contributed by atoms with Crippen molar-refractivity contribution in [2.24, 2.45) is 0 Å². The van der Waals surface area contributed by atoms with Crippen LogP contribution in [0, 0.1) is 0 Å². The summed E-state index contributed by atoms with van der Waals surface area (Å²) in [6.07, 6.45) is 6.31. The second kappa shape index (κ2) is 8.04. The van der Waals surface area contributed by atoms with Crippen molar-refractivity contribution in [1.29, 1.82) is 0 Å². The van der Waals surface area contributed by atoms with Crippen LogP contribution in [0.2, 0.25) is 0 Å². The Hall–Kier alpha value is -0.120. The Labute approximate surface area is 99.9 Å². The van der Waals surface area contributed by atoms with E-state index in [1.165, 1.54) is 12.8 Å². The van der Waals surface area contributed by atoms with E-state index in [1.54, 1.807) is 7.11 Å². The summed E-state index contributed by atoms with van der Waals surface area (Å²) in [6.45, 7) is 6.15. The van der Waals surface area contributed by atoms with Crippen molar-refractivity contribution in [2.75, 3.05) is 20.3 Å². The third-order valence-corrected chi connectivity index (χ3v) is 3.31. The van der Waals surface area contributed by atoms with Gasteiger partial charge in [-0.2, -0.15) is 0 Å². The molecule has 0 saturated carbocycles. The van der Waals surface area contributed by atoms with Crippen molar-refractivity contribution in [1.82, 2.24) is 5.32 Å². The predicted octanol–water partition coefficient (Wildman–Crippen LogP) is 2.35. The highest BCUT2D eigenvalue weighted by molar-refractivity contribution is 4.80. The van der Waals surface area contributed by atoms with E-state index in [2.05, 4.69) is 19.2 Å². The van der Waals surface area contributed by atoms with Gasteiger partial charge in [0.05, 0.1) is 12.7 Å². The third-order valence-electron chi connectivity index (χ3n) is 3.31. The summed E-state index contributed by atoms with van der Waals surface area (Å²) in [5.74, 6) is 0. The zero-order chi connectivity index (χ0) is 11.8. The number of rotatable bonds is 7. The first kappa shape index (κ1) is 13.9. The van der Waals surface area contributed by atoms with Crippen LogP contribution in [0.4, 0.5) is 0 Å². The van der Waals surface area contributed by atoms with E-state index >= 15 is 0 Å². The summed E-state index contributed by atoms with van der Waals surface area (Å²) >= 11 is 0. The van der Waals surface area contributed by atoms with Gasteiger partial charge in [0.1, 0.15) is 0 Å². The smallest absolute Gasteiger partial charge is 0.0615 e. The van der Waals surface area contributed by atoms with Crippen molar-refractivity contribution >= 4 is 0 Å². The molecule has 3 nitrogen and oxygen atoms in total. The molecule has 1 fully saturated rings. The molecule has 0 aromatic rings. The molecule has 96 valence electrons. The molecule has 1 N–H and O–H groups in total. The molecule has 3 heteroatoms. The molecule has 0 bridgehead atoms. The average Bonchev–Trinajstić information content (AvgIpc) is 2.29. The summed E-state index contributed by atoms with van der Waals surface area (Å²) in [6, 6.07) is 1.11. The second-order valence-electron chi connectivity index (χ2n) is 4.73. The van der Waals surface area contributed by atoms with Crippen molar-refractivity contribution in [3.8, 4) is 0 Å². The Morgan fingerprint density at radius 2 is 2.25 bits per heavy atom. The number of nitrogens with one attached hydrogen (secondary N) is 1. The van der Waals surface area contributed by atoms with Gasteiger partial charge in [0, 0.05) is 25.8 Å². The lowest BCUT2D eigenvalue weighted by atomic mass is 9.99. The quantitative estimate of drug-likeness (QED) is 0.727. The Bertz CT molecular complexity index is 173. The molecule has 0 amide bonds. The van der Waals surface area contributed by atoms with Gasteiger partial charge in [-0.1, -0.05) is 20.3 Å². The normalized spacial score (nSPS) is 27.9. The van der Waals surface area contributed by atoms with Crippen LogP contribution in [0.5, 0.6) is 0 Å². The molecule has 0 aromatic carbocycles. The summed E-state index contributed by atoms with van der Waals surface area (Å²) in [5, 5.41) is 3.69. The molecule has 0 radical (unpaired) electrons. The molecule has 0 spiro atoms. The lowest BCUT2D eigenvalue weighted by molar-refractivity contribution is -0.00700. The molecular formula is C13H27NO2. The van der Waals surface area contributed by atoms with Crippen LogP contribution in [0.25, 0.3) is 0 Å². The van der Waals surface area contributed by atoms with Crippen LogP contribution >= 0.6 is 0 Å². The van der Waals surface area contributed by atoms with Crippen LogP contribution in [-0.4, -0.2) is 38.5 Å². The first-order chi connectivity index (χ1) is 7.80. The van der Waals surface area contributed by atoms with Gasteiger partial charge >= 0.3 is 0 Å². The van der Waals surface area contributed by atoms with Gasteiger partial charge < -0.3 is 14.8 Å². The van der Waals surface area contributed by atoms with Crippen molar-refractivity contribution < 1.29 is 9.47 Å². The zero-order valence-corrected chi connectivity index (χ0v) is 11.0. The number of hydrogen-bond acceptors (Lipinski definition) is 3. The van der Waals surface area contributed by atoms with Crippen LogP contribution in [0.3, 0.4) is 0 Å². The molecular weight excluding hydrogens is 202 g/mol. The molecule has 1 heterocycles. The maximum atomic E-state index is 5.75. The van der Waals surface area contributed by atoms with Crippen molar-refractivity contribution in [3.05, 3.63) is 0 Å². The first-order valence-electron chi connectivity index (χ1n) is 6.66. The molecule has 0 aromatic heterocycles. The molecule has 1 aliphatic rings. The Balaban J connectivity index is 2.29. The van der Waals surface area contributed by atoms with Crippen LogP contribution < -0.4 is 5.32 Å². The highest BCUT2D eigenvalue weighted by Gasteiger charge is 2.23. The molecule has 1 aliphatic heterocycles. The van der Waals surface area contributed by atoms with Crippen LogP contribution in [-0.2, 0) is 9.47 Å². The molecule has 16 heavy (non-hydrogen) atoms. The zero-order valence-electron chi connectivity index (χ0n) is 11.0. The third kappa shape index (κ3) is 4.81. The largest absolute Gasteiger partial charge is 0.383 e. The molecule has 3 atom stereocenters. The van der Waals surface area contributed by atoms with Crippen molar-refractivity contribution in [3.63, 3.8) is 0 Å². The van der Waals surface area contributed by atoms with Crippen molar-refractivity contribution in [2.45, 2.75) is 64.1 Å². The highest BCUT2D eigenvalue weighted by atomic mass is 16.5. The summed E-state index contributed by atoms with van der Waals surface area (Å²) in [4.78, 5) is 0. The van der Waals surface area contributed by atoms with Crippen LogP contribution in [0.15, 0.2) is 0 Å². The standard InChI is InChI=1S/C13H27NO2/c1-4-6-13-9-12(7-8-16-13)14-11(5-2)10-15-3/h11-14H,4-10H2,1-3H3. The summed E-state index contributed by atoms with van der Waals surface area (Å²) in [7, 11) is 1.77. The molecule has 0 aliphatic carbocycles. The van der Waals surface area contributed by atoms with Crippen LogP contribution in [0.1, 0.15) is 46.0 Å². The van der Waals surface area contributed by atoms with Gasteiger partial charge in [-0.25, -0.2) is 0 Å². The minimum atomic E-state index is 0.469. The van der Waals surface area contributed by atoms with Gasteiger partial charge in [-0.15, -0.1) is 0 Å². The Morgan fingerprint density at radius 1 is 1.44 bits per heavy atom. The number of hydrogen-bond donors (Lipinski definition) is 1. The van der Waals surface area contributed by atoms with E-state index < -0.39 is 0 Å². The van der Waals surface area contributed by atoms with E-state index in [4.69, 9.17) is 9.47 Å². The fourth-order valence-electron chi connectivity index (χ4n) is 2.37. The summed E-state index contributed by atoms with van der Waals surface area (Å²) in [5.41, 5.74) is 0. The number of ether oxygens (including phenoxy) is 2. The van der Waals surface area contributed by atoms with E-state index in [-0.39, 0.29) is 0 Å². The monoisotopic (exact) mass is 229 g/mol. The SMILES string of the molecule is CCCC1CC(NC(CC)COC)CCO1. The topological polar surface area (TPSA) is 30.5 Å². The Kier molecular flexibility index (Phi) is 7.01. The minimum absolute atomic E-state index is 0.469. The van der Waals surface area contributed by atoms with E-state index in [9.17, 15) is 0 Å². The average molecular weight is 229 g/mol.